The van der Waals surface area contributed by atoms with E-state index in [0.717, 1.165) is 17.0 Å². The number of nitro groups is 1. The Morgan fingerprint density at radius 2 is 2.09 bits per heavy atom. The fourth-order valence-electron chi connectivity index (χ4n) is 2.37. The minimum Gasteiger partial charge on any atom is -0.465 e. The molecular weight excluding hydrogens is 314 g/mol. The van der Waals surface area contributed by atoms with E-state index in [4.69, 9.17) is 5.11 Å². The fourth-order valence-corrected chi connectivity index (χ4v) is 3.80. The Morgan fingerprint density at radius 3 is 2.73 bits per heavy atom. The molecule has 0 bridgehead atoms. The molecule has 0 saturated carbocycles. The largest absolute Gasteiger partial charge is 0.465 e. The van der Waals surface area contributed by atoms with Crippen LogP contribution in [0.15, 0.2) is 29.2 Å². The van der Waals surface area contributed by atoms with Crippen LogP contribution in [0.5, 0.6) is 0 Å². The predicted molar refractivity (Wildman–Crippen MR) is 76.0 cm³/mol. The second-order valence-electron chi connectivity index (χ2n) is 4.91. The van der Waals surface area contributed by atoms with Crippen molar-refractivity contribution in [3.63, 3.8) is 0 Å². The minimum atomic E-state index is -4.10. The van der Waals surface area contributed by atoms with E-state index in [0.29, 0.717) is 19.4 Å². The molecule has 1 aliphatic rings. The highest BCUT2D eigenvalue weighted by atomic mass is 32.2. The number of para-hydroxylation sites is 1. The van der Waals surface area contributed by atoms with Crippen molar-refractivity contribution in [1.82, 2.24) is 9.62 Å². The molecule has 1 aromatic rings. The van der Waals surface area contributed by atoms with E-state index < -0.39 is 37.7 Å². The Bertz CT molecular complexity index is 690. The topological polar surface area (TPSA) is 130 Å². The van der Waals surface area contributed by atoms with Gasteiger partial charge in [-0.1, -0.05) is 12.1 Å². The van der Waals surface area contributed by atoms with Crippen molar-refractivity contribution in [3.8, 4) is 0 Å². The molecule has 1 aliphatic heterocycles. The second kappa shape index (κ2) is 6.28. The lowest BCUT2D eigenvalue weighted by molar-refractivity contribution is -0.387. The summed E-state index contributed by atoms with van der Waals surface area (Å²) in [5.41, 5.74) is -0.513. The number of carboxylic acid groups (broad SMARTS) is 1. The summed E-state index contributed by atoms with van der Waals surface area (Å²) in [6.45, 7) is 0.369. The fraction of sp³-hybridized carbons (Fsp3) is 0.417. The number of amides is 1. The molecule has 1 amide bonds. The van der Waals surface area contributed by atoms with E-state index in [1.807, 2.05) is 0 Å². The SMILES string of the molecule is O=C(O)N1CCCC(NS(=O)(=O)c2ccccc2[N+](=O)[O-])C1. The first kappa shape index (κ1) is 16.2. The molecule has 2 rings (SSSR count). The highest BCUT2D eigenvalue weighted by molar-refractivity contribution is 7.89. The number of nitro benzene ring substituents is 1. The van der Waals surface area contributed by atoms with Gasteiger partial charge in [-0.3, -0.25) is 10.1 Å². The van der Waals surface area contributed by atoms with Gasteiger partial charge < -0.3 is 10.0 Å². The maximum atomic E-state index is 12.3. The summed E-state index contributed by atoms with van der Waals surface area (Å²) in [6.07, 6.45) is -0.116. The Morgan fingerprint density at radius 1 is 1.41 bits per heavy atom. The standard InChI is InChI=1S/C12H15N3O6S/c16-12(17)14-7-3-4-9(8-14)13-22(20,21)11-6-2-1-5-10(11)15(18)19/h1-2,5-6,9,13H,3-4,7-8H2,(H,16,17). The summed E-state index contributed by atoms with van der Waals surface area (Å²) in [6, 6.07) is 4.43. The number of rotatable bonds is 4. The van der Waals surface area contributed by atoms with Crippen molar-refractivity contribution < 1.29 is 23.2 Å². The number of likely N-dealkylation sites (tertiary alicyclic amines) is 1. The Balaban J connectivity index is 2.21. The van der Waals surface area contributed by atoms with Crippen molar-refractivity contribution >= 4 is 21.8 Å². The molecule has 1 fully saturated rings. The van der Waals surface area contributed by atoms with Crippen molar-refractivity contribution in [2.75, 3.05) is 13.1 Å². The van der Waals surface area contributed by atoms with Gasteiger partial charge in [0, 0.05) is 25.2 Å². The number of nitrogens with one attached hydrogen (secondary N) is 1. The lowest BCUT2D eigenvalue weighted by atomic mass is 10.1. The molecule has 1 unspecified atom stereocenters. The smallest absolute Gasteiger partial charge is 0.407 e. The number of nitrogens with zero attached hydrogens (tertiary/aromatic N) is 2. The van der Waals surface area contributed by atoms with Crippen molar-refractivity contribution in [2.24, 2.45) is 0 Å². The van der Waals surface area contributed by atoms with Crippen LogP contribution in [0.2, 0.25) is 0 Å². The molecule has 1 heterocycles. The average Bonchev–Trinajstić information content (AvgIpc) is 2.47. The number of piperidine rings is 1. The third kappa shape index (κ3) is 3.52. The average molecular weight is 329 g/mol. The molecule has 0 aromatic heterocycles. The van der Waals surface area contributed by atoms with Crippen LogP contribution in [0.4, 0.5) is 10.5 Å². The van der Waals surface area contributed by atoms with E-state index in [2.05, 4.69) is 4.72 Å². The van der Waals surface area contributed by atoms with Gasteiger partial charge in [-0.15, -0.1) is 0 Å². The van der Waals surface area contributed by atoms with Crippen molar-refractivity contribution in [2.45, 2.75) is 23.8 Å². The molecule has 1 atom stereocenters. The Labute approximate surface area is 126 Å². The van der Waals surface area contributed by atoms with Crippen LogP contribution in [0.1, 0.15) is 12.8 Å². The summed E-state index contributed by atoms with van der Waals surface area (Å²) < 4.78 is 27.0. The molecule has 9 nitrogen and oxygen atoms in total. The zero-order chi connectivity index (χ0) is 16.3. The summed E-state index contributed by atoms with van der Waals surface area (Å²) in [5.74, 6) is 0. The third-order valence-electron chi connectivity index (χ3n) is 3.37. The lowest BCUT2D eigenvalue weighted by Gasteiger charge is -2.30. The van der Waals surface area contributed by atoms with Gasteiger partial charge in [0.05, 0.1) is 4.92 Å². The maximum Gasteiger partial charge on any atom is 0.407 e. The highest BCUT2D eigenvalue weighted by Crippen LogP contribution is 2.23. The number of hydrogen-bond acceptors (Lipinski definition) is 5. The summed E-state index contributed by atoms with van der Waals surface area (Å²) in [5, 5.41) is 19.9. The zero-order valence-electron chi connectivity index (χ0n) is 11.5. The number of hydrogen-bond donors (Lipinski definition) is 2. The molecule has 10 heteroatoms. The normalized spacial score (nSPS) is 18.9. The number of carbonyl (C=O) groups is 1. The highest BCUT2D eigenvalue weighted by Gasteiger charge is 2.30. The van der Waals surface area contributed by atoms with E-state index >= 15 is 0 Å². The lowest BCUT2D eigenvalue weighted by Crippen LogP contribution is -2.49. The van der Waals surface area contributed by atoms with E-state index in [9.17, 15) is 23.3 Å². The molecule has 0 spiro atoms. The van der Waals surface area contributed by atoms with Crippen LogP contribution < -0.4 is 4.72 Å². The van der Waals surface area contributed by atoms with E-state index in [1.54, 1.807) is 0 Å². The first-order valence-electron chi connectivity index (χ1n) is 6.55. The van der Waals surface area contributed by atoms with Gasteiger partial charge in [0.2, 0.25) is 10.0 Å². The molecule has 22 heavy (non-hydrogen) atoms. The second-order valence-corrected chi connectivity index (χ2v) is 6.60. The summed E-state index contributed by atoms with van der Waals surface area (Å²) in [7, 11) is -4.10. The van der Waals surface area contributed by atoms with Crippen LogP contribution in [-0.2, 0) is 10.0 Å². The molecule has 2 N–H and O–H groups in total. The van der Waals surface area contributed by atoms with E-state index in [-0.39, 0.29) is 6.54 Å². The number of benzene rings is 1. The molecular formula is C12H15N3O6S. The van der Waals surface area contributed by atoms with Gasteiger partial charge in [-0.05, 0) is 18.9 Å². The van der Waals surface area contributed by atoms with Gasteiger partial charge in [0.25, 0.3) is 5.69 Å². The van der Waals surface area contributed by atoms with Gasteiger partial charge in [-0.2, -0.15) is 0 Å². The van der Waals surface area contributed by atoms with Gasteiger partial charge >= 0.3 is 6.09 Å². The number of sulfonamides is 1. The molecule has 0 radical (unpaired) electrons. The maximum absolute atomic E-state index is 12.3. The first-order chi connectivity index (χ1) is 10.3. The zero-order valence-corrected chi connectivity index (χ0v) is 12.3. The molecule has 0 aliphatic carbocycles. The van der Waals surface area contributed by atoms with Gasteiger partial charge in [0.15, 0.2) is 4.90 Å². The van der Waals surface area contributed by atoms with Gasteiger partial charge in [0.1, 0.15) is 0 Å². The monoisotopic (exact) mass is 329 g/mol. The third-order valence-corrected chi connectivity index (χ3v) is 4.93. The van der Waals surface area contributed by atoms with E-state index in [1.165, 1.54) is 12.1 Å². The van der Waals surface area contributed by atoms with Crippen LogP contribution in [0, 0.1) is 10.1 Å². The quantitative estimate of drug-likeness (QED) is 0.626. The Kier molecular flexibility index (Phi) is 4.62. The Hall–Kier alpha value is -2.20. The van der Waals surface area contributed by atoms with Crippen LogP contribution in [-0.4, -0.2) is 48.6 Å². The molecule has 1 saturated heterocycles. The van der Waals surface area contributed by atoms with Gasteiger partial charge in [-0.25, -0.2) is 17.9 Å². The van der Waals surface area contributed by atoms with Crippen molar-refractivity contribution in [3.05, 3.63) is 34.4 Å². The van der Waals surface area contributed by atoms with Crippen LogP contribution >= 0.6 is 0 Å². The molecule has 1 aromatic carbocycles. The predicted octanol–water partition coefficient (Wildman–Crippen LogP) is 1.02. The van der Waals surface area contributed by atoms with Crippen LogP contribution in [0.25, 0.3) is 0 Å². The summed E-state index contributed by atoms with van der Waals surface area (Å²) >= 11 is 0. The van der Waals surface area contributed by atoms with Crippen LogP contribution in [0.3, 0.4) is 0 Å². The summed E-state index contributed by atoms with van der Waals surface area (Å²) in [4.78, 5) is 21.8. The molecule has 120 valence electrons. The first-order valence-corrected chi connectivity index (χ1v) is 8.03. The minimum absolute atomic E-state index is 0.0230. The van der Waals surface area contributed by atoms with Crippen molar-refractivity contribution in [1.29, 1.82) is 0 Å².